The lowest BCUT2D eigenvalue weighted by Crippen LogP contribution is -2.31. The Labute approximate surface area is 108 Å². The third kappa shape index (κ3) is 4.33. The van der Waals surface area contributed by atoms with Crippen LogP contribution < -0.4 is 5.32 Å². The summed E-state index contributed by atoms with van der Waals surface area (Å²) in [5, 5.41) is 14.0. The van der Waals surface area contributed by atoms with Gasteiger partial charge < -0.3 is 10.2 Å². The van der Waals surface area contributed by atoms with E-state index in [1.165, 1.54) is 0 Å². The number of likely N-dealkylation sites (N-methyl/N-ethyl adjacent to an activating group) is 1. The maximum absolute atomic E-state index is 10.7. The van der Waals surface area contributed by atoms with E-state index in [4.69, 9.17) is 0 Å². The van der Waals surface area contributed by atoms with E-state index in [9.17, 15) is 10.1 Å². The van der Waals surface area contributed by atoms with Gasteiger partial charge >= 0.3 is 0 Å². The zero-order valence-electron chi connectivity index (χ0n) is 11.4. The lowest BCUT2D eigenvalue weighted by atomic mass is 10.2. The number of nitro groups is 1. The Morgan fingerprint density at radius 1 is 1.39 bits per heavy atom. The summed E-state index contributed by atoms with van der Waals surface area (Å²) in [7, 11) is 2.06. The Morgan fingerprint density at radius 2 is 2.06 bits per heavy atom. The molecule has 0 spiro atoms. The molecule has 0 unspecified atom stereocenters. The van der Waals surface area contributed by atoms with Crippen molar-refractivity contribution in [3.8, 4) is 0 Å². The molecule has 1 N–H and O–H groups in total. The highest BCUT2D eigenvalue weighted by molar-refractivity contribution is 5.53. The summed E-state index contributed by atoms with van der Waals surface area (Å²) in [6.45, 7) is 7.81. The number of non-ortho nitro benzene ring substituents is 1. The molecule has 1 rings (SSSR count). The summed E-state index contributed by atoms with van der Waals surface area (Å²) in [4.78, 5) is 12.6. The molecule has 0 heterocycles. The third-order valence-electron chi connectivity index (χ3n) is 2.95. The lowest BCUT2D eigenvalue weighted by Gasteiger charge is -2.21. The van der Waals surface area contributed by atoms with Crippen LogP contribution in [-0.4, -0.2) is 36.0 Å². The Hall–Kier alpha value is -1.62. The number of aryl methyl sites for hydroxylation is 1. The molecule has 1 aromatic carbocycles. The Balaban J connectivity index is 2.60. The fraction of sp³-hybridized carbons (Fsp3) is 0.538. The van der Waals surface area contributed by atoms with Crippen LogP contribution in [0, 0.1) is 17.0 Å². The minimum Gasteiger partial charge on any atom is -0.384 e. The van der Waals surface area contributed by atoms with Crippen molar-refractivity contribution >= 4 is 11.4 Å². The van der Waals surface area contributed by atoms with Crippen LogP contribution in [0.1, 0.15) is 19.4 Å². The minimum atomic E-state index is -0.363. The van der Waals surface area contributed by atoms with Crippen LogP contribution in [0.25, 0.3) is 0 Å². The summed E-state index contributed by atoms with van der Waals surface area (Å²) in [5.74, 6) is 0. The van der Waals surface area contributed by atoms with E-state index >= 15 is 0 Å². The van der Waals surface area contributed by atoms with Crippen LogP contribution in [0.2, 0.25) is 0 Å². The van der Waals surface area contributed by atoms with Crippen molar-refractivity contribution in [2.45, 2.75) is 26.8 Å². The SMILES string of the molecule is Cc1cc(NCCN(C)C(C)C)cc([N+](=O)[O-])c1. The van der Waals surface area contributed by atoms with Gasteiger partial charge in [-0.2, -0.15) is 0 Å². The second-order valence-corrected chi connectivity index (χ2v) is 4.82. The van der Waals surface area contributed by atoms with Crippen molar-refractivity contribution in [3.05, 3.63) is 33.9 Å². The largest absolute Gasteiger partial charge is 0.384 e. The Bertz CT molecular complexity index is 419. The first kappa shape index (κ1) is 14.4. The van der Waals surface area contributed by atoms with Crippen LogP contribution >= 0.6 is 0 Å². The standard InChI is InChI=1S/C13H21N3O2/c1-10(2)15(4)6-5-14-12-7-11(3)8-13(9-12)16(17)18/h7-10,14H,5-6H2,1-4H3. The van der Waals surface area contributed by atoms with Gasteiger partial charge in [0.1, 0.15) is 0 Å². The van der Waals surface area contributed by atoms with Crippen LogP contribution in [0.15, 0.2) is 18.2 Å². The predicted octanol–water partition coefficient (Wildman–Crippen LogP) is 2.66. The Morgan fingerprint density at radius 3 is 2.61 bits per heavy atom. The quantitative estimate of drug-likeness (QED) is 0.623. The fourth-order valence-electron chi connectivity index (χ4n) is 1.61. The van der Waals surface area contributed by atoms with Gasteiger partial charge in [0.2, 0.25) is 0 Å². The van der Waals surface area contributed by atoms with Crippen LogP contribution in [0.4, 0.5) is 11.4 Å². The van der Waals surface area contributed by atoms with E-state index in [2.05, 4.69) is 31.1 Å². The highest BCUT2D eigenvalue weighted by atomic mass is 16.6. The first-order chi connectivity index (χ1) is 8.40. The fourth-order valence-corrected chi connectivity index (χ4v) is 1.61. The molecule has 0 aliphatic carbocycles. The smallest absolute Gasteiger partial charge is 0.271 e. The molecule has 18 heavy (non-hydrogen) atoms. The second-order valence-electron chi connectivity index (χ2n) is 4.82. The summed E-state index contributed by atoms with van der Waals surface area (Å²) < 4.78 is 0. The topological polar surface area (TPSA) is 58.4 Å². The molecule has 0 radical (unpaired) electrons. The predicted molar refractivity (Wildman–Crippen MR) is 74.1 cm³/mol. The number of hydrogen-bond acceptors (Lipinski definition) is 4. The molecule has 0 atom stereocenters. The van der Waals surface area contributed by atoms with E-state index in [0.29, 0.717) is 6.04 Å². The summed E-state index contributed by atoms with van der Waals surface area (Å²) >= 11 is 0. The van der Waals surface area contributed by atoms with Crippen molar-refractivity contribution in [2.24, 2.45) is 0 Å². The molecule has 0 fully saturated rings. The monoisotopic (exact) mass is 251 g/mol. The van der Waals surface area contributed by atoms with Crippen molar-refractivity contribution in [1.82, 2.24) is 4.90 Å². The molecule has 0 saturated carbocycles. The van der Waals surface area contributed by atoms with Gasteiger partial charge in [0.25, 0.3) is 5.69 Å². The molecular weight excluding hydrogens is 230 g/mol. The van der Waals surface area contributed by atoms with E-state index in [1.807, 2.05) is 13.0 Å². The lowest BCUT2D eigenvalue weighted by molar-refractivity contribution is -0.384. The zero-order chi connectivity index (χ0) is 13.7. The van der Waals surface area contributed by atoms with E-state index in [0.717, 1.165) is 24.3 Å². The van der Waals surface area contributed by atoms with Crippen molar-refractivity contribution < 1.29 is 4.92 Å². The summed E-state index contributed by atoms with van der Waals surface area (Å²) in [5.41, 5.74) is 1.83. The number of anilines is 1. The number of benzene rings is 1. The van der Waals surface area contributed by atoms with Crippen molar-refractivity contribution in [3.63, 3.8) is 0 Å². The molecule has 0 bridgehead atoms. The van der Waals surface area contributed by atoms with Gasteiger partial charge in [0.05, 0.1) is 4.92 Å². The van der Waals surface area contributed by atoms with Crippen LogP contribution in [0.5, 0.6) is 0 Å². The van der Waals surface area contributed by atoms with Gasteiger partial charge in [0, 0.05) is 37.0 Å². The summed E-state index contributed by atoms with van der Waals surface area (Å²) in [6, 6.07) is 5.56. The molecule has 5 nitrogen and oxygen atoms in total. The zero-order valence-corrected chi connectivity index (χ0v) is 11.4. The number of nitrogens with one attached hydrogen (secondary N) is 1. The van der Waals surface area contributed by atoms with Gasteiger partial charge in [-0.15, -0.1) is 0 Å². The minimum absolute atomic E-state index is 0.134. The molecule has 1 aromatic rings. The molecular formula is C13H21N3O2. The number of hydrogen-bond donors (Lipinski definition) is 1. The molecule has 0 aromatic heterocycles. The first-order valence-electron chi connectivity index (χ1n) is 6.10. The molecule has 0 saturated heterocycles. The summed E-state index contributed by atoms with van der Waals surface area (Å²) in [6.07, 6.45) is 0. The maximum atomic E-state index is 10.7. The van der Waals surface area contributed by atoms with Gasteiger partial charge in [-0.05, 0) is 39.4 Å². The third-order valence-corrected chi connectivity index (χ3v) is 2.95. The van der Waals surface area contributed by atoms with Gasteiger partial charge in [-0.3, -0.25) is 10.1 Å². The highest BCUT2D eigenvalue weighted by Crippen LogP contribution is 2.20. The molecule has 0 aliphatic heterocycles. The maximum Gasteiger partial charge on any atom is 0.271 e. The average molecular weight is 251 g/mol. The normalized spacial score (nSPS) is 11.0. The molecule has 0 aliphatic rings. The van der Waals surface area contributed by atoms with E-state index < -0.39 is 0 Å². The van der Waals surface area contributed by atoms with Crippen molar-refractivity contribution in [1.29, 1.82) is 0 Å². The van der Waals surface area contributed by atoms with E-state index in [-0.39, 0.29) is 10.6 Å². The van der Waals surface area contributed by atoms with E-state index in [1.54, 1.807) is 12.1 Å². The van der Waals surface area contributed by atoms with Gasteiger partial charge in [-0.1, -0.05) is 0 Å². The van der Waals surface area contributed by atoms with Gasteiger partial charge in [0.15, 0.2) is 0 Å². The number of rotatable bonds is 6. The van der Waals surface area contributed by atoms with Crippen molar-refractivity contribution in [2.75, 3.05) is 25.5 Å². The number of nitro benzene ring substituents is 1. The molecule has 5 heteroatoms. The molecule has 100 valence electrons. The Kier molecular flexibility index (Phi) is 5.09. The molecule has 0 amide bonds. The number of nitrogens with zero attached hydrogens (tertiary/aromatic N) is 2. The average Bonchev–Trinajstić information content (AvgIpc) is 2.27. The first-order valence-corrected chi connectivity index (χ1v) is 6.10. The highest BCUT2D eigenvalue weighted by Gasteiger charge is 2.08. The van der Waals surface area contributed by atoms with Crippen LogP contribution in [-0.2, 0) is 0 Å². The van der Waals surface area contributed by atoms with Crippen LogP contribution in [0.3, 0.4) is 0 Å². The second kappa shape index (κ2) is 6.35. The van der Waals surface area contributed by atoms with Gasteiger partial charge in [-0.25, -0.2) is 0 Å².